The molecule has 0 unspecified atom stereocenters. The van der Waals surface area contributed by atoms with Crippen LogP contribution in [0.2, 0.25) is 0 Å². The highest BCUT2D eigenvalue weighted by molar-refractivity contribution is 5.62. The van der Waals surface area contributed by atoms with E-state index in [1.54, 1.807) is 13.3 Å². The monoisotopic (exact) mass is 188 g/mol. The normalized spacial score (nSPS) is 10.1. The molecule has 3 nitrogen and oxygen atoms in total. The van der Waals surface area contributed by atoms with E-state index in [1.165, 1.54) is 5.56 Å². The molecule has 2 rings (SSSR count). The number of imidazole rings is 1. The molecule has 0 saturated carbocycles. The summed E-state index contributed by atoms with van der Waals surface area (Å²) in [4.78, 5) is 7.16. The Morgan fingerprint density at radius 3 is 2.71 bits per heavy atom. The molecule has 1 heterocycles. The molecule has 14 heavy (non-hydrogen) atoms. The molecule has 0 amide bonds. The summed E-state index contributed by atoms with van der Waals surface area (Å²) in [5.41, 5.74) is 3.36. The highest BCUT2D eigenvalue weighted by Crippen LogP contribution is 2.22. The Hall–Kier alpha value is -1.77. The maximum absolute atomic E-state index is 4.99. The number of benzene rings is 1. The standard InChI is InChI=1S/C11H12N2O/c1-8-5-3-4-6-9(8)10-7-12-11(13-10)14-2/h3-7H,1-2H3,(H,12,13). The van der Waals surface area contributed by atoms with E-state index in [0.717, 1.165) is 11.3 Å². The van der Waals surface area contributed by atoms with Gasteiger partial charge >= 0.3 is 0 Å². The van der Waals surface area contributed by atoms with Crippen LogP contribution in [-0.2, 0) is 0 Å². The van der Waals surface area contributed by atoms with Gasteiger partial charge in [0.2, 0.25) is 0 Å². The lowest BCUT2D eigenvalue weighted by molar-refractivity contribution is 0.384. The fourth-order valence-electron chi connectivity index (χ4n) is 1.42. The zero-order chi connectivity index (χ0) is 9.97. The Balaban J connectivity index is 2.44. The summed E-state index contributed by atoms with van der Waals surface area (Å²) >= 11 is 0. The number of rotatable bonds is 2. The second-order valence-corrected chi connectivity index (χ2v) is 3.12. The number of nitrogens with zero attached hydrogens (tertiary/aromatic N) is 1. The smallest absolute Gasteiger partial charge is 0.293 e. The highest BCUT2D eigenvalue weighted by Gasteiger charge is 2.04. The predicted molar refractivity (Wildman–Crippen MR) is 55.3 cm³/mol. The van der Waals surface area contributed by atoms with Gasteiger partial charge in [-0.2, -0.15) is 0 Å². The van der Waals surface area contributed by atoms with Gasteiger partial charge in [0, 0.05) is 5.56 Å². The molecular weight excluding hydrogens is 176 g/mol. The minimum atomic E-state index is 0.545. The van der Waals surface area contributed by atoms with Gasteiger partial charge in [0.1, 0.15) is 0 Å². The maximum Gasteiger partial charge on any atom is 0.293 e. The largest absolute Gasteiger partial charge is 0.468 e. The zero-order valence-corrected chi connectivity index (χ0v) is 8.24. The van der Waals surface area contributed by atoms with E-state index in [-0.39, 0.29) is 0 Å². The first-order valence-corrected chi connectivity index (χ1v) is 4.46. The molecule has 1 aromatic carbocycles. The van der Waals surface area contributed by atoms with Crippen molar-refractivity contribution in [2.24, 2.45) is 0 Å². The molecular formula is C11H12N2O. The second kappa shape index (κ2) is 3.54. The SMILES string of the molecule is COc1ncc(-c2ccccc2C)[nH]1. The zero-order valence-electron chi connectivity index (χ0n) is 8.24. The number of nitrogens with one attached hydrogen (secondary N) is 1. The number of methoxy groups -OCH3 is 1. The van der Waals surface area contributed by atoms with E-state index < -0.39 is 0 Å². The summed E-state index contributed by atoms with van der Waals surface area (Å²) in [6.07, 6.45) is 1.78. The molecule has 0 saturated heterocycles. The van der Waals surface area contributed by atoms with Gasteiger partial charge in [-0.05, 0) is 12.5 Å². The Morgan fingerprint density at radius 2 is 2.07 bits per heavy atom. The van der Waals surface area contributed by atoms with Crippen molar-refractivity contribution in [2.75, 3.05) is 7.11 Å². The number of H-pyrrole nitrogens is 1. The van der Waals surface area contributed by atoms with Gasteiger partial charge in [0.15, 0.2) is 0 Å². The van der Waals surface area contributed by atoms with Crippen molar-refractivity contribution in [3.05, 3.63) is 36.0 Å². The van der Waals surface area contributed by atoms with Crippen LogP contribution in [0.5, 0.6) is 6.01 Å². The molecule has 0 fully saturated rings. The fourth-order valence-corrected chi connectivity index (χ4v) is 1.42. The summed E-state index contributed by atoms with van der Waals surface area (Å²) in [5.74, 6) is 0. The minimum Gasteiger partial charge on any atom is -0.468 e. The lowest BCUT2D eigenvalue weighted by atomic mass is 10.1. The molecule has 3 heteroatoms. The molecule has 0 spiro atoms. The van der Waals surface area contributed by atoms with Crippen LogP contribution in [-0.4, -0.2) is 17.1 Å². The molecule has 0 aliphatic heterocycles. The summed E-state index contributed by atoms with van der Waals surface area (Å²) in [7, 11) is 1.60. The van der Waals surface area contributed by atoms with Crippen molar-refractivity contribution in [2.45, 2.75) is 6.92 Å². The summed E-state index contributed by atoms with van der Waals surface area (Å²) in [6, 6.07) is 8.70. The lowest BCUT2D eigenvalue weighted by Gasteiger charge is -2.01. The highest BCUT2D eigenvalue weighted by atomic mass is 16.5. The summed E-state index contributed by atoms with van der Waals surface area (Å²) < 4.78 is 4.99. The van der Waals surface area contributed by atoms with E-state index in [1.807, 2.05) is 12.1 Å². The first-order valence-electron chi connectivity index (χ1n) is 4.46. The molecule has 0 aliphatic rings. The molecule has 1 N–H and O–H groups in total. The van der Waals surface area contributed by atoms with E-state index in [9.17, 15) is 0 Å². The van der Waals surface area contributed by atoms with E-state index >= 15 is 0 Å². The fraction of sp³-hybridized carbons (Fsp3) is 0.182. The number of hydrogen-bond donors (Lipinski definition) is 1. The Morgan fingerprint density at radius 1 is 1.29 bits per heavy atom. The summed E-state index contributed by atoms with van der Waals surface area (Å²) in [6.45, 7) is 2.07. The number of aryl methyl sites for hydroxylation is 1. The molecule has 2 aromatic rings. The van der Waals surface area contributed by atoms with E-state index in [4.69, 9.17) is 4.74 Å². The first kappa shape index (κ1) is 8.81. The van der Waals surface area contributed by atoms with Gasteiger partial charge in [-0.15, -0.1) is 0 Å². The van der Waals surface area contributed by atoms with Gasteiger partial charge in [0.05, 0.1) is 19.0 Å². The lowest BCUT2D eigenvalue weighted by Crippen LogP contribution is -1.85. The van der Waals surface area contributed by atoms with Crippen LogP contribution in [0.25, 0.3) is 11.3 Å². The average molecular weight is 188 g/mol. The summed E-state index contributed by atoms with van der Waals surface area (Å²) in [5, 5.41) is 0. The molecule has 0 bridgehead atoms. The maximum atomic E-state index is 4.99. The predicted octanol–water partition coefficient (Wildman–Crippen LogP) is 2.39. The van der Waals surface area contributed by atoms with Crippen molar-refractivity contribution < 1.29 is 4.74 Å². The third-order valence-corrected chi connectivity index (χ3v) is 2.18. The Kier molecular flexibility index (Phi) is 2.23. The number of aromatic nitrogens is 2. The van der Waals surface area contributed by atoms with Crippen molar-refractivity contribution in [3.63, 3.8) is 0 Å². The molecule has 1 aromatic heterocycles. The third kappa shape index (κ3) is 1.48. The topological polar surface area (TPSA) is 37.9 Å². The average Bonchev–Trinajstić information content (AvgIpc) is 2.67. The van der Waals surface area contributed by atoms with Gasteiger partial charge in [-0.3, -0.25) is 0 Å². The number of ether oxygens (including phenoxy) is 1. The van der Waals surface area contributed by atoms with E-state index in [2.05, 4.69) is 29.0 Å². The quantitative estimate of drug-likeness (QED) is 0.785. The van der Waals surface area contributed by atoms with E-state index in [0.29, 0.717) is 6.01 Å². The molecule has 0 radical (unpaired) electrons. The Labute approximate surface area is 82.8 Å². The van der Waals surface area contributed by atoms with Gasteiger partial charge in [-0.25, -0.2) is 4.98 Å². The van der Waals surface area contributed by atoms with Gasteiger partial charge in [-0.1, -0.05) is 24.3 Å². The van der Waals surface area contributed by atoms with Crippen molar-refractivity contribution in [3.8, 4) is 17.3 Å². The van der Waals surface area contributed by atoms with Crippen molar-refractivity contribution in [1.82, 2.24) is 9.97 Å². The van der Waals surface area contributed by atoms with Crippen molar-refractivity contribution >= 4 is 0 Å². The molecule has 0 atom stereocenters. The van der Waals surface area contributed by atoms with Crippen LogP contribution in [0.4, 0.5) is 0 Å². The Bertz CT molecular complexity index is 434. The van der Waals surface area contributed by atoms with Gasteiger partial charge < -0.3 is 9.72 Å². The van der Waals surface area contributed by atoms with Crippen LogP contribution in [0.3, 0.4) is 0 Å². The molecule has 72 valence electrons. The van der Waals surface area contributed by atoms with Crippen LogP contribution >= 0.6 is 0 Å². The van der Waals surface area contributed by atoms with Crippen LogP contribution in [0, 0.1) is 6.92 Å². The number of aromatic amines is 1. The second-order valence-electron chi connectivity index (χ2n) is 3.12. The van der Waals surface area contributed by atoms with Crippen LogP contribution in [0.1, 0.15) is 5.56 Å². The van der Waals surface area contributed by atoms with Crippen LogP contribution < -0.4 is 4.74 Å². The van der Waals surface area contributed by atoms with Crippen LogP contribution in [0.15, 0.2) is 30.5 Å². The van der Waals surface area contributed by atoms with Crippen molar-refractivity contribution in [1.29, 1.82) is 0 Å². The minimum absolute atomic E-state index is 0.545. The van der Waals surface area contributed by atoms with Gasteiger partial charge in [0.25, 0.3) is 6.01 Å². The molecule has 0 aliphatic carbocycles. The number of hydrogen-bond acceptors (Lipinski definition) is 2. The third-order valence-electron chi connectivity index (χ3n) is 2.18. The first-order chi connectivity index (χ1) is 6.81.